The Labute approximate surface area is 92.9 Å². The van der Waals surface area contributed by atoms with E-state index in [1.165, 1.54) is 12.0 Å². The first-order valence-electron chi connectivity index (χ1n) is 6.28. The van der Waals surface area contributed by atoms with Gasteiger partial charge in [0, 0.05) is 12.3 Å². The molecule has 84 valence electrons. The number of carbonyl (C=O) groups excluding carboxylic acids is 1. The highest BCUT2D eigenvalue weighted by Crippen LogP contribution is 2.44. The number of hydrogen-bond donors (Lipinski definition) is 0. The van der Waals surface area contributed by atoms with Crippen molar-refractivity contribution in [3.05, 3.63) is 11.6 Å². The topological polar surface area (TPSA) is 17.1 Å². The molecule has 1 heteroatoms. The molecule has 0 unspecified atom stereocenters. The predicted octanol–water partition coefficient (Wildman–Crippen LogP) is 3.59. The third kappa shape index (κ3) is 2.02. The minimum absolute atomic E-state index is 0.356. The highest BCUT2D eigenvalue weighted by atomic mass is 16.1. The summed E-state index contributed by atoms with van der Waals surface area (Å²) >= 11 is 0. The van der Waals surface area contributed by atoms with Crippen molar-refractivity contribution in [1.82, 2.24) is 0 Å². The monoisotopic (exact) mass is 206 g/mol. The van der Waals surface area contributed by atoms with E-state index >= 15 is 0 Å². The first-order valence-corrected chi connectivity index (χ1v) is 6.28. The molecule has 0 radical (unpaired) electrons. The summed E-state index contributed by atoms with van der Waals surface area (Å²) in [6.45, 7) is 6.84. The van der Waals surface area contributed by atoms with Crippen molar-refractivity contribution in [3.8, 4) is 0 Å². The lowest BCUT2D eigenvalue weighted by Gasteiger charge is -2.41. The molecule has 0 aliphatic heterocycles. The molecule has 0 spiro atoms. The van der Waals surface area contributed by atoms with Crippen molar-refractivity contribution in [3.63, 3.8) is 0 Å². The van der Waals surface area contributed by atoms with Gasteiger partial charge in [-0.3, -0.25) is 4.79 Å². The molecule has 0 aromatic heterocycles. The molecule has 0 heterocycles. The van der Waals surface area contributed by atoms with E-state index in [2.05, 4.69) is 26.8 Å². The van der Waals surface area contributed by atoms with E-state index in [0.717, 1.165) is 31.1 Å². The number of ketones is 1. The van der Waals surface area contributed by atoms with Gasteiger partial charge in [0.2, 0.25) is 0 Å². The molecular formula is C14H22O. The van der Waals surface area contributed by atoms with Crippen molar-refractivity contribution < 1.29 is 4.79 Å². The summed E-state index contributed by atoms with van der Waals surface area (Å²) in [4.78, 5) is 11.9. The van der Waals surface area contributed by atoms with Crippen molar-refractivity contribution in [2.75, 3.05) is 0 Å². The van der Waals surface area contributed by atoms with Crippen LogP contribution in [-0.4, -0.2) is 5.78 Å². The molecule has 0 amide bonds. The third-order valence-corrected chi connectivity index (χ3v) is 4.34. The van der Waals surface area contributed by atoms with Gasteiger partial charge in [-0.05, 0) is 43.9 Å². The van der Waals surface area contributed by atoms with Crippen LogP contribution in [-0.2, 0) is 4.79 Å². The Hall–Kier alpha value is -0.590. The highest BCUT2D eigenvalue weighted by Gasteiger charge is 2.40. The number of Topliss-reactive ketones (excluding diaryl/α,β-unsaturated/α-hetero) is 1. The Bertz CT molecular complexity index is 288. The molecule has 1 fully saturated rings. The van der Waals surface area contributed by atoms with Crippen LogP contribution in [0.3, 0.4) is 0 Å². The third-order valence-electron chi connectivity index (χ3n) is 4.34. The summed E-state index contributed by atoms with van der Waals surface area (Å²) in [6, 6.07) is 0. The Morgan fingerprint density at radius 3 is 2.80 bits per heavy atom. The summed E-state index contributed by atoms with van der Waals surface area (Å²) in [7, 11) is 0. The lowest BCUT2D eigenvalue weighted by Crippen LogP contribution is -2.38. The summed E-state index contributed by atoms with van der Waals surface area (Å²) in [6.07, 6.45) is 6.42. The summed E-state index contributed by atoms with van der Waals surface area (Å²) in [5, 5.41) is 0. The van der Waals surface area contributed by atoms with E-state index in [0.29, 0.717) is 17.6 Å². The van der Waals surface area contributed by atoms with Gasteiger partial charge >= 0.3 is 0 Å². The van der Waals surface area contributed by atoms with E-state index in [1.54, 1.807) is 0 Å². The minimum Gasteiger partial charge on any atom is -0.299 e. The second-order valence-corrected chi connectivity index (χ2v) is 5.67. The largest absolute Gasteiger partial charge is 0.299 e. The summed E-state index contributed by atoms with van der Waals surface area (Å²) in [5.74, 6) is 3.04. The van der Waals surface area contributed by atoms with Gasteiger partial charge in [-0.15, -0.1) is 0 Å². The maximum absolute atomic E-state index is 11.9. The fourth-order valence-corrected chi connectivity index (χ4v) is 3.46. The van der Waals surface area contributed by atoms with Crippen molar-refractivity contribution >= 4 is 5.78 Å². The number of allylic oxidation sites excluding steroid dienone is 2. The van der Waals surface area contributed by atoms with Crippen LogP contribution >= 0.6 is 0 Å². The number of fused-ring (bicyclic) bond motifs is 1. The van der Waals surface area contributed by atoms with Crippen LogP contribution in [0.2, 0.25) is 0 Å². The molecule has 0 aromatic carbocycles. The smallest absolute Gasteiger partial charge is 0.136 e. The molecule has 0 N–H and O–H groups in total. The van der Waals surface area contributed by atoms with Crippen LogP contribution in [0.15, 0.2) is 11.6 Å². The standard InChI is InChI=1S/C14H22O/c1-9(2)11-6-7-14(15)12-5-4-10(3)8-13(11)12/h4,9,11-13H,5-8H2,1-3H3/t11-,12+,13-/m1/s1. The second kappa shape index (κ2) is 4.11. The van der Waals surface area contributed by atoms with Gasteiger partial charge in [-0.2, -0.15) is 0 Å². The molecule has 1 nitrogen and oxygen atoms in total. The average Bonchev–Trinajstić information content (AvgIpc) is 2.17. The van der Waals surface area contributed by atoms with Gasteiger partial charge in [0.25, 0.3) is 0 Å². The molecule has 2 rings (SSSR count). The van der Waals surface area contributed by atoms with Gasteiger partial charge in [0.1, 0.15) is 5.78 Å². The summed E-state index contributed by atoms with van der Waals surface area (Å²) in [5.41, 5.74) is 1.50. The molecule has 15 heavy (non-hydrogen) atoms. The van der Waals surface area contributed by atoms with Crippen LogP contribution in [0, 0.1) is 23.7 Å². The zero-order valence-electron chi connectivity index (χ0n) is 10.1. The average molecular weight is 206 g/mol. The zero-order valence-corrected chi connectivity index (χ0v) is 10.1. The fourth-order valence-electron chi connectivity index (χ4n) is 3.46. The minimum atomic E-state index is 0.356. The zero-order chi connectivity index (χ0) is 11.0. The van der Waals surface area contributed by atoms with E-state index in [9.17, 15) is 4.79 Å². The predicted molar refractivity (Wildman–Crippen MR) is 62.5 cm³/mol. The number of carbonyl (C=O) groups is 1. The van der Waals surface area contributed by atoms with E-state index in [4.69, 9.17) is 0 Å². The Kier molecular flexibility index (Phi) is 2.99. The maximum Gasteiger partial charge on any atom is 0.136 e. The van der Waals surface area contributed by atoms with Crippen molar-refractivity contribution in [2.45, 2.75) is 46.5 Å². The van der Waals surface area contributed by atoms with Crippen molar-refractivity contribution in [2.24, 2.45) is 23.7 Å². The van der Waals surface area contributed by atoms with Gasteiger partial charge in [-0.1, -0.05) is 25.5 Å². The molecular weight excluding hydrogens is 184 g/mol. The van der Waals surface area contributed by atoms with Crippen LogP contribution in [0.1, 0.15) is 46.5 Å². The fraction of sp³-hybridized carbons (Fsp3) is 0.786. The lowest BCUT2D eigenvalue weighted by molar-refractivity contribution is -0.129. The van der Waals surface area contributed by atoms with E-state index < -0.39 is 0 Å². The second-order valence-electron chi connectivity index (χ2n) is 5.67. The van der Waals surface area contributed by atoms with Crippen LogP contribution < -0.4 is 0 Å². The van der Waals surface area contributed by atoms with Gasteiger partial charge in [-0.25, -0.2) is 0 Å². The Morgan fingerprint density at radius 2 is 2.13 bits per heavy atom. The van der Waals surface area contributed by atoms with Crippen molar-refractivity contribution in [1.29, 1.82) is 0 Å². The molecule has 0 saturated heterocycles. The van der Waals surface area contributed by atoms with Gasteiger partial charge in [0.15, 0.2) is 0 Å². The summed E-state index contributed by atoms with van der Waals surface area (Å²) < 4.78 is 0. The van der Waals surface area contributed by atoms with Crippen LogP contribution in [0.5, 0.6) is 0 Å². The first-order chi connectivity index (χ1) is 7.09. The SMILES string of the molecule is CC1=CC[C@@H]2C(=O)CC[C@H](C(C)C)[C@H]2C1. The number of rotatable bonds is 1. The Morgan fingerprint density at radius 1 is 1.40 bits per heavy atom. The van der Waals surface area contributed by atoms with Crippen LogP contribution in [0.25, 0.3) is 0 Å². The molecule has 0 bridgehead atoms. The van der Waals surface area contributed by atoms with Gasteiger partial charge < -0.3 is 0 Å². The van der Waals surface area contributed by atoms with Crippen LogP contribution in [0.4, 0.5) is 0 Å². The molecule has 2 aliphatic carbocycles. The van der Waals surface area contributed by atoms with E-state index in [1.807, 2.05) is 0 Å². The van der Waals surface area contributed by atoms with E-state index in [-0.39, 0.29) is 0 Å². The molecule has 1 saturated carbocycles. The number of hydrogen-bond acceptors (Lipinski definition) is 1. The molecule has 3 atom stereocenters. The first kappa shape index (κ1) is 10.9. The maximum atomic E-state index is 11.9. The highest BCUT2D eigenvalue weighted by molar-refractivity contribution is 5.82. The quantitative estimate of drug-likeness (QED) is 0.599. The molecule has 2 aliphatic rings. The van der Waals surface area contributed by atoms with Gasteiger partial charge in [0.05, 0.1) is 0 Å². The normalized spacial score (nSPS) is 36.4. The lowest BCUT2D eigenvalue weighted by atomic mass is 9.62. The molecule has 0 aromatic rings. The Balaban J connectivity index is 2.20.